The summed E-state index contributed by atoms with van der Waals surface area (Å²) in [6.07, 6.45) is 1.81. The third kappa shape index (κ3) is 1.93. The molecule has 0 unspecified atom stereocenters. The second kappa shape index (κ2) is 4.24. The van der Waals surface area contributed by atoms with Crippen LogP contribution in [0.4, 0.5) is 0 Å². The van der Waals surface area contributed by atoms with Crippen molar-refractivity contribution in [2.24, 2.45) is 4.40 Å². The van der Waals surface area contributed by atoms with Gasteiger partial charge in [0.1, 0.15) is 0 Å². The van der Waals surface area contributed by atoms with E-state index >= 15 is 0 Å². The zero-order valence-corrected chi connectivity index (χ0v) is 8.50. The van der Waals surface area contributed by atoms with Crippen LogP contribution in [0, 0.1) is 0 Å². The fourth-order valence-electron chi connectivity index (χ4n) is 1.34. The molecular weight excluding hydrogens is 192 g/mol. The van der Waals surface area contributed by atoms with Crippen molar-refractivity contribution in [1.82, 2.24) is 4.98 Å². The lowest BCUT2D eigenvalue weighted by atomic mass is 10.1. The summed E-state index contributed by atoms with van der Waals surface area (Å²) < 4.78 is 3.76. The van der Waals surface area contributed by atoms with E-state index < -0.39 is 0 Å². The third-order valence-corrected chi connectivity index (χ3v) is 2.63. The van der Waals surface area contributed by atoms with E-state index in [2.05, 4.69) is 34.3 Å². The van der Waals surface area contributed by atoms with Gasteiger partial charge in [-0.1, -0.05) is 12.1 Å². The molecule has 0 saturated heterocycles. The predicted octanol–water partition coefficient (Wildman–Crippen LogP) is 3.08. The molecule has 1 aromatic carbocycles. The highest BCUT2D eigenvalue weighted by Gasteiger charge is 1.96. The molecule has 0 radical (unpaired) electrons. The summed E-state index contributed by atoms with van der Waals surface area (Å²) in [6.45, 7) is 3.44. The highest BCUT2D eigenvalue weighted by Crippen LogP contribution is 2.17. The van der Waals surface area contributed by atoms with Crippen molar-refractivity contribution in [1.29, 1.82) is 0 Å². The van der Waals surface area contributed by atoms with Crippen LogP contribution in [-0.4, -0.2) is 11.7 Å². The SMILES string of the molecule is C=NSCc1ccc2ncccc2c1. The first kappa shape index (κ1) is 9.21. The van der Waals surface area contributed by atoms with E-state index in [1.54, 1.807) is 0 Å². The van der Waals surface area contributed by atoms with Gasteiger partial charge in [-0.25, -0.2) is 4.40 Å². The molecule has 0 fully saturated rings. The Bertz CT molecular complexity index is 454. The zero-order valence-electron chi connectivity index (χ0n) is 7.68. The Balaban J connectivity index is 2.36. The number of aromatic nitrogens is 1. The summed E-state index contributed by atoms with van der Waals surface area (Å²) in [5.74, 6) is 0.869. The first-order chi connectivity index (χ1) is 6.90. The smallest absolute Gasteiger partial charge is 0.0702 e. The average Bonchev–Trinajstić information content (AvgIpc) is 2.26. The molecule has 0 spiro atoms. The fourth-order valence-corrected chi connectivity index (χ4v) is 1.75. The molecule has 0 aliphatic heterocycles. The molecule has 0 saturated carbocycles. The first-order valence-electron chi connectivity index (χ1n) is 4.32. The van der Waals surface area contributed by atoms with Crippen LogP contribution in [-0.2, 0) is 5.75 Å². The van der Waals surface area contributed by atoms with E-state index in [-0.39, 0.29) is 0 Å². The van der Waals surface area contributed by atoms with Crippen LogP contribution in [0.1, 0.15) is 5.56 Å². The van der Waals surface area contributed by atoms with Crippen molar-refractivity contribution < 1.29 is 0 Å². The van der Waals surface area contributed by atoms with Crippen LogP contribution >= 0.6 is 11.9 Å². The maximum absolute atomic E-state index is 4.26. The number of nitrogens with zero attached hydrogens (tertiary/aromatic N) is 2. The Labute approximate surface area is 87.2 Å². The number of benzene rings is 1. The van der Waals surface area contributed by atoms with Crippen LogP contribution in [0.25, 0.3) is 10.9 Å². The third-order valence-electron chi connectivity index (χ3n) is 1.99. The number of rotatable bonds is 3. The van der Waals surface area contributed by atoms with Crippen molar-refractivity contribution >= 4 is 29.6 Å². The highest BCUT2D eigenvalue weighted by molar-refractivity contribution is 7.97. The summed E-state index contributed by atoms with van der Waals surface area (Å²) in [6, 6.07) is 10.3. The van der Waals surface area contributed by atoms with Gasteiger partial charge in [-0.05, 0) is 42.4 Å². The van der Waals surface area contributed by atoms with Crippen molar-refractivity contribution in [3.63, 3.8) is 0 Å². The molecule has 2 nitrogen and oxygen atoms in total. The molecule has 70 valence electrons. The van der Waals surface area contributed by atoms with Crippen LogP contribution in [0.2, 0.25) is 0 Å². The van der Waals surface area contributed by atoms with Gasteiger partial charge in [0, 0.05) is 17.3 Å². The summed E-state index contributed by atoms with van der Waals surface area (Å²) in [4.78, 5) is 4.26. The van der Waals surface area contributed by atoms with Crippen molar-refractivity contribution in [2.45, 2.75) is 5.75 Å². The van der Waals surface area contributed by atoms with E-state index in [0.29, 0.717) is 0 Å². The second-order valence-corrected chi connectivity index (χ2v) is 3.74. The number of pyridine rings is 1. The van der Waals surface area contributed by atoms with Crippen LogP contribution in [0.5, 0.6) is 0 Å². The molecule has 3 heteroatoms. The minimum Gasteiger partial charge on any atom is -0.256 e. The van der Waals surface area contributed by atoms with Crippen LogP contribution < -0.4 is 0 Å². The molecule has 2 aromatic rings. The lowest BCUT2D eigenvalue weighted by molar-refractivity contribution is 1.38. The van der Waals surface area contributed by atoms with Crippen molar-refractivity contribution in [3.05, 3.63) is 42.1 Å². The molecule has 0 aliphatic carbocycles. The van der Waals surface area contributed by atoms with Gasteiger partial charge >= 0.3 is 0 Å². The normalized spacial score (nSPS) is 10.3. The topological polar surface area (TPSA) is 25.2 Å². The van der Waals surface area contributed by atoms with Crippen LogP contribution in [0.15, 0.2) is 40.9 Å². The molecular formula is C11H10N2S. The Kier molecular flexibility index (Phi) is 2.79. The molecule has 14 heavy (non-hydrogen) atoms. The predicted molar refractivity (Wildman–Crippen MR) is 62.6 cm³/mol. The van der Waals surface area contributed by atoms with E-state index in [1.807, 2.05) is 18.3 Å². The quantitative estimate of drug-likeness (QED) is 0.564. The molecule has 0 atom stereocenters. The molecule has 0 amide bonds. The van der Waals surface area contributed by atoms with Gasteiger partial charge in [-0.15, -0.1) is 0 Å². The van der Waals surface area contributed by atoms with Gasteiger partial charge in [0.2, 0.25) is 0 Å². The minimum atomic E-state index is 0.869. The maximum Gasteiger partial charge on any atom is 0.0702 e. The highest BCUT2D eigenvalue weighted by atomic mass is 32.2. The number of fused-ring (bicyclic) bond motifs is 1. The molecule has 0 bridgehead atoms. The average molecular weight is 202 g/mol. The number of hydrogen-bond donors (Lipinski definition) is 0. The minimum absolute atomic E-state index is 0.869. The van der Waals surface area contributed by atoms with E-state index in [9.17, 15) is 0 Å². The summed E-state index contributed by atoms with van der Waals surface area (Å²) in [5, 5.41) is 1.18. The standard InChI is InChI=1S/C11H10N2S/c1-12-14-8-9-4-5-11-10(7-9)3-2-6-13-11/h2-7H,1,8H2. The van der Waals surface area contributed by atoms with Crippen LogP contribution in [0.3, 0.4) is 0 Å². The fraction of sp³-hybridized carbons (Fsp3) is 0.0909. The molecule has 1 aromatic heterocycles. The first-order valence-corrected chi connectivity index (χ1v) is 5.26. The Morgan fingerprint density at radius 1 is 1.36 bits per heavy atom. The molecule has 0 aliphatic rings. The largest absolute Gasteiger partial charge is 0.256 e. The molecule has 1 heterocycles. The van der Waals surface area contributed by atoms with Crippen molar-refractivity contribution in [2.75, 3.05) is 0 Å². The van der Waals surface area contributed by atoms with E-state index in [1.165, 1.54) is 22.9 Å². The van der Waals surface area contributed by atoms with E-state index in [0.717, 1.165) is 11.3 Å². The number of hydrogen-bond acceptors (Lipinski definition) is 3. The van der Waals surface area contributed by atoms with Gasteiger partial charge in [-0.2, -0.15) is 0 Å². The summed E-state index contributed by atoms with van der Waals surface area (Å²) in [5.41, 5.74) is 2.29. The van der Waals surface area contributed by atoms with Gasteiger partial charge in [0.25, 0.3) is 0 Å². The van der Waals surface area contributed by atoms with Crippen molar-refractivity contribution in [3.8, 4) is 0 Å². The van der Waals surface area contributed by atoms with Gasteiger partial charge in [0.05, 0.1) is 5.52 Å². The lowest BCUT2D eigenvalue weighted by Gasteiger charge is -2.00. The Hall–Kier alpha value is -1.35. The summed E-state index contributed by atoms with van der Waals surface area (Å²) in [7, 11) is 0. The summed E-state index contributed by atoms with van der Waals surface area (Å²) >= 11 is 1.46. The molecule has 2 rings (SSSR count). The molecule has 0 N–H and O–H groups in total. The lowest BCUT2D eigenvalue weighted by Crippen LogP contribution is -1.81. The Morgan fingerprint density at radius 2 is 2.29 bits per heavy atom. The van der Waals surface area contributed by atoms with Gasteiger partial charge in [-0.3, -0.25) is 4.98 Å². The Morgan fingerprint density at radius 3 is 3.14 bits per heavy atom. The zero-order chi connectivity index (χ0) is 9.80. The van der Waals surface area contributed by atoms with Gasteiger partial charge < -0.3 is 0 Å². The van der Waals surface area contributed by atoms with Gasteiger partial charge in [0.15, 0.2) is 0 Å². The maximum atomic E-state index is 4.26. The van der Waals surface area contributed by atoms with E-state index in [4.69, 9.17) is 0 Å². The monoisotopic (exact) mass is 202 g/mol. The second-order valence-electron chi connectivity index (χ2n) is 2.93.